The summed E-state index contributed by atoms with van der Waals surface area (Å²) in [5.41, 5.74) is 1.64. The van der Waals surface area contributed by atoms with Crippen LogP contribution in [0.1, 0.15) is 28.3 Å². The van der Waals surface area contributed by atoms with Gasteiger partial charge in [-0.2, -0.15) is 0 Å². The van der Waals surface area contributed by atoms with E-state index < -0.39 is 5.97 Å². The molecular weight excluding hydrogens is 367 g/mol. The van der Waals surface area contributed by atoms with Crippen LogP contribution in [0.15, 0.2) is 41.9 Å². The molecule has 27 heavy (non-hydrogen) atoms. The van der Waals surface area contributed by atoms with Gasteiger partial charge in [-0.15, -0.1) is 11.3 Å². The van der Waals surface area contributed by atoms with Crippen molar-refractivity contribution in [3.63, 3.8) is 0 Å². The van der Waals surface area contributed by atoms with E-state index in [4.69, 9.17) is 9.47 Å². The van der Waals surface area contributed by atoms with Gasteiger partial charge in [-0.25, -0.2) is 9.18 Å². The molecule has 1 fully saturated rings. The summed E-state index contributed by atoms with van der Waals surface area (Å²) in [4.78, 5) is 20.1. The summed E-state index contributed by atoms with van der Waals surface area (Å²) in [6.07, 6.45) is 1.42. The lowest BCUT2D eigenvalue weighted by atomic mass is 10.1. The highest BCUT2D eigenvalue weighted by Crippen LogP contribution is 2.35. The molecule has 2 aromatic heterocycles. The van der Waals surface area contributed by atoms with Gasteiger partial charge in [-0.3, -0.25) is 4.98 Å². The maximum absolute atomic E-state index is 14.0. The quantitative estimate of drug-likeness (QED) is 0.630. The fourth-order valence-electron chi connectivity index (χ4n) is 3.35. The third-order valence-corrected chi connectivity index (χ3v) is 5.50. The number of aromatic nitrogens is 1. The Bertz CT molecular complexity index is 961. The Kier molecular flexibility index (Phi) is 5.05. The number of morpholine rings is 1. The minimum Gasteiger partial charge on any atom is -0.462 e. The van der Waals surface area contributed by atoms with Gasteiger partial charge in [0.2, 0.25) is 0 Å². The number of halogens is 1. The van der Waals surface area contributed by atoms with Crippen molar-refractivity contribution < 1.29 is 18.7 Å². The van der Waals surface area contributed by atoms with Crippen LogP contribution in [0.4, 0.5) is 10.1 Å². The summed E-state index contributed by atoms with van der Waals surface area (Å²) in [5.74, 6) is -0.819. The fraction of sp³-hybridized carbons (Fsp3) is 0.300. The second-order valence-corrected chi connectivity index (χ2v) is 7.20. The van der Waals surface area contributed by atoms with E-state index in [1.165, 1.54) is 18.3 Å². The summed E-state index contributed by atoms with van der Waals surface area (Å²) in [5, 5.41) is 2.62. The van der Waals surface area contributed by atoms with Crippen molar-refractivity contribution in [2.75, 3.05) is 31.2 Å². The van der Waals surface area contributed by atoms with Crippen molar-refractivity contribution >= 4 is 33.9 Å². The number of hydrogen-bond acceptors (Lipinski definition) is 6. The van der Waals surface area contributed by atoms with Gasteiger partial charge in [-0.1, -0.05) is 6.07 Å². The number of anilines is 1. The summed E-state index contributed by atoms with van der Waals surface area (Å²) in [6, 6.07) is 8.45. The van der Waals surface area contributed by atoms with Crippen molar-refractivity contribution in [3.05, 3.63) is 58.2 Å². The van der Waals surface area contributed by atoms with E-state index in [0.29, 0.717) is 41.9 Å². The molecule has 1 aliphatic rings. The van der Waals surface area contributed by atoms with E-state index in [0.717, 1.165) is 4.88 Å². The number of nitrogens with zero attached hydrogens (tertiary/aromatic N) is 2. The van der Waals surface area contributed by atoms with Gasteiger partial charge in [0.1, 0.15) is 17.5 Å². The number of benzene rings is 1. The van der Waals surface area contributed by atoms with Crippen LogP contribution in [0.25, 0.3) is 10.9 Å². The highest BCUT2D eigenvalue weighted by atomic mass is 32.1. The van der Waals surface area contributed by atoms with Crippen LogP contribution >= 0.6 is 11.3 Å². The number of carbonyl (C=O) groups excluding carboxylic acids is 1. The lowest BCUT2D eigenvalue weighted by molar-refractivity contribution is 0.0415. The molecule has 1 aromatic carbocycles. The van der Waals surface area contributed by atoms with Gasteiger partial charge in [0.25, 0.3) is 0 Å². The van der Waals surface area contributed by atoms with Gasteiger partial charge in [-0.05, 0) is 36.6 Å². The molecule has 0 aliphatic carbocycles. The molecule has 1 saturated heterocycles. The number of pyridine rings is 1. The molecule has 0 radical (unpaired) electrons. The minimum absolute atomic E-state index is 0.0921. The SMILES string of the molecule is CCOC(=O)c1cnc2ccc(F)cc2c1N1CCOC(c2cccs2)C1. The molecule has 4 rings (SSSR count). The minimum atomic E-state index is -0.453. The van der Waals surface area contributed by atoms with Gasteiger partial charge >= 0.3 is 5.97 Å². The lowest BCUT2D eigenvalue weighted by Gasteiger charge is -2.35. The molecule has 0 spiro atoms. The number of carbonyl (C=O) groups is 1. The lowest BCUT2D eigenvalue weighted by Crippen LogP contribution is -2.39. The first-order valence-electron chi connectivity index (χ1n) is 8.82. The largest absolute Gasteiger partial charge is 0.462 e. The molecular formula is C20H19FN2O3S. The number of fused-ring (bicyclic) bond motifs is 1. The van der Waals surface area contributed by atoms with Gasteiger partial charge < -0.3 is 14.4 Å². The number of thiophene rings is 1. The van der Waals surface area contributed by atoms with Crippen LogP contribution in [0.2, 0.25) is 0 Å². The summed E-state index contributed by atoms with van der Waals surface area (Å²) >= 11 is 1.64. The highest BCUT2D eigenvalue weighted by Gasteiger charge is 2.28. The smallest absolute Gasteiger partial charge is 0.341 e. The Morgan fingerprint density at radius 2 is 2.33 bits per heavy atom. The number of ether oxygens (including phenoxy) is 2. The molecule has 1 atom stereocenters. The van der Waals surface area contributed by atoms with E-state index in [9.17, 15) is 9.18 Å². The molecule has 1 unspecified atom stereocenters. The topological polar surface area (TPSA) is 51.7 Å². The molecule has 3 aromatic rings. The molecule has 0 amide bonds. The average molecular weight is 386 g/mol. The first-order chi connectivity index (χ1) is 13.2. The third-order valence-electron chi connectivity index (χ3n) is 4.54. The van der Waals surface area contributed by atoms with Crippen LogP contribution < -0.4 is 4.90 Å². The summed E-state index contributed by atoms with van der Waals surface area (Å²) in [6.45, 7) is 3.71. The second-order valence-electron chi connectivity index (χ2n) is 6.22. The van der Waals surface area contributed by atoms with E-state index in [1.54, 1.807) is 24.3 Å². The van der Waals surface area contributed by atoms with Crippen LogP contribution in [0.5, 0.6) is 0 Å². The first-order valence-corrected chi connectivity index (χ1v) is 9.70. The van der Waals surface area contributed by atoms with Gasteiger partial charge in [0.15, 0.2) is 0 Å². The van der Waals surface area contributed by atoms with Crippen molar-refractivity contribution in [1.82, 2.24) is 4.98 Å². The van der Waals surface area contributed by atoms with Gasteiger partial charge in [0.05, 0.1) is 24.4 Å². The number of esters is 1. The maximum atomic E-state index is 14.0. The Morgan fingerprint density at radius 3 is 3.11 bits per heavy atom. The summed E-state index contributed by atoms with van der Waals surface area (Å²) in [7, 11) is 0. The van der Waals surface area contributed by atoms with Crippen molar-refractivity contribution in [2.45, 2.75) is 13.0 Å². The van der Waals surface area contributed by atoms with Crippen molar-refractivity contribution in [1.29, 1.82) is 0 Å². The normalized spacial score (nSPS) is 17.3. The molecule has 140 valence electrons. The Hall–Kier alpha value is -2.51. The number of hydrogen-bond donors (Lipinski definition) is 0. The molecule has 7 heteroatoms. The van der Waals surface area contributed by atoms with Gasteiger partial charge in [0, 0.05) is 29.5 Å². The fourth-order valence-corrected chi connectivity index (χ4v) is 4.11. The molecule has 0 saturated carbocycles. The van der Waals surface area contributed by atoms with E-state index >= 15 is 0 Å². The second kappa shape index (κ2) is 7.62. The average Bonchev–Trinajstić information content (AvgIpc) is 3.22. The van der Waals surface area contributed by atoms with Crippen LogP contribution in [0, 0.1) is 5.82 Å². The highest BCUT2D eigenvalue weighted by molar-refractivity contribution is 7.10. The van der Waals surface area contributed by atoms with Crippen LogP contribution in [-0.4, -0.2) is 37.3 Å². The maximum Gasteiger partial charge on any atom is 0.341 e. The van der Waals surface area contributed by atoms with Crippen LogP contribution in [0.3, 0.4) is 0 Å². The molecule has 0 N–H and O–H groups in total. The van der Waals surface area contributed by atoms with Crippen LogP contribution in [-0.2, 0) is 9.47 Å². The summed E-state index contributed by atoms with van der Waals surface area (Å²) < 4.78 is 25.1. The zero-order valence-corrected chi connectivity index (χ0v) is 15.7. The standard InChI is InChI=1S/C20H19FN2O3S/c1-2-25-20(24)15-11-22-16-6-5-13(21)10-14(16)19(15)23-7-8-26-17(12-23)18-4-3-9-27-18/h3-6,9-11,17H,2,7-8,12H2,1H3. The predicted octanol–water partition coefficient (Wildman–Crippen LogP) is 4.19. The Morgan fingerprint density at radius 1 is 1.44 bits per heavy atom. The Balaban J connectivity index is 1.81. The molecule has 5 nitrogen and oxygen atoms in total. The first kappa shape index (κ1) is 17.9. The van der Waals surface area contributed by atoms with E-state index in [1.807, 2.05) is 17.5 Å². The van der Waals surface area contributed by atoms with E-state index in [2.05, 4.69) is 9.88 Å². The molecule has 1 aliphatic heterocycles. The van der Waals surface area contributed by atoms with Crippen molar-refractivity contribution in [2.24, 2.45) is 0 Å². The zero-order valence-electron chi connectivity index (χ0n) is 14.9. The molecule has 0 bridgehead atoms. The molecule has 3 heterocycles. The zero-order chi connectivity index (χ0) is 18.8. The van der Waals surface area contributed by atoms with Crippen molar-refractivity contribution in [3.8, 4) is 0 Å². The third kappa shape index (κ3) is 3.52. The number of rotatable bonds is 4. The Labute approximate surface area is 160 Å². The monoisotopic (exact) mass is 386 g/mol. The predicted molar refractivity (Wildman–Crippen MR) is 103 cm³/mol. The van der Waals surface area contributed by atoms with E-state index in [-0.39, 0.29) is 18.5 Å².